The molecule has 1 aromatic carbocycles. The van der Waals surface area contributed by atoms with Gasteiger partial charge in [0.15, 0.2) is 0 Å². The Bertz CT molecular complexity index is 544. The second-order valence-corrected chi connectivity index (χ2v) is 4.20. The van der Waals surface area contributed by atoms with Crippen LogP contribution in [0.5, 0.6) is 0 Å². The largest absolute Gasteiger partial charge is 0.324 e. The molecular weight excluding hydrogens is 212 g/mol. The smallest absolute Gasteiger partial charge is 0.251 e. The van der Waals surface area contributed by atoms with E-state index in [4.69, 9.17) is 5.73 Å². The lowest BCUT2D eigenvalue weighted by Gasteiger charge is -2.09. The molecule has 0 aliphatic rings. The van der Waals surface area contributed by atoms with Gasteiger partial charge in [-0.25, -0.2) is 0 Å². The van der Waals surface area contributed by atoms with Gasteiger partial charge in [-0.15, -0.1) is 0 Å². The molecule has 3 heteroatoms. The second-order valence-electron chi connectivity index (χ2n) is 4.20. The van der Waals surface area contributed by atoms with Crippen LogP contribution in [-0.2, 0) is 6.54 Å². The van der Waals surface area contributed by atoms with Crippen LogP contribution < -0.4 is 11.3 Å². The monoisotopic (exact) mass is 228 g/mol. The van der Waals surface area contributed by atoms with Crippen molar-refractivity contribution in [2.45, 2.75) is 19.5 Å². The number of pyridine rings is 1. The van der Waals surface area contributed by atoms with E-state index in [1.807, 2.05) is 43.3 Å². The highest BCUT2D eigenvalue weighted by atomic mass is 16.1. The van der Waals surface area contributed by atoms with Crippen molar-refractivity contribution in [2.24, 2.45) is 5.73 Å². The Morgan fingerprint density at radius 2 is 1.94 bits per heavy atom. The van der Waals surface area contributed by atoms with E-state index < -0.39 is 0 Å². The Labute approximate surface area is 101 Å². The highest BCUT2D eigenvalue weighted by Crippen LogP contribution is 2.06. The molecule has 3 nitrogen and oxygen atoms in total. The van der Waals surface area contributed by atoms with Crippen molar-refractivity contribution in [2.75, 3.05) is 0 Å². The van der Waals surface area contributed by atoms with Crippen LogP contribution >= 0.6 is 0 Å². The average molecular weight is 228 g/mol. The number of hydrogen-bond acceptors (Lipinski definition) is 2. The molecule has 0 fully saturated rings. The van der Waals surface area contributed by atoms with Crippen LogP contribution in [0.3, 0.4) is 0 Å². The van der Waals surface area contributed by atoms with Gasteiger partial charge in [-0.3, -0.25) is 4.79 Å². The number of aromatic nitrogens is 1. The van der Waals surface area contributed by atoms with Crippen molar-refractivity contribution in [3.8, 4) is 0 Å². The number of nitrogens with two attached hydrogens (primary N) is 1. The summed E-state index contributed by atoms with van der Waals surface area (Å²) < 4.78 is 1.68. The van der Waals surface area contributed by atoms with Gasteiger partial charge in [-0.1, -0.05) is 30.3 Å². The minimum atomic E-state index is -0.103. The molecule has 1 unspecified atom stereocenters. The van der Waals surface area contributed by atoms with Gasteiger partial charge < -0.3 is 10.3 Å². The molecule has 0 bridgehead atoms. The minimum Gasteiger partial charge on any atom is -0.324 e. The molecule has 0 amide bonds. The third kappa shape index (κ3) is 2.82. The maximum absolute atomic E-state index is 11.9. The highest BCUT2D eigenvalue weighted by molar-refractivity contribution is 5.18. The first-order valence-corrected chi connectivity index (χ1v) is 5.67. The predicted octanol–water partition coefficient (Wildman–Crippen LogP) is 1.92. The molecule has 1 heterocycles. The van der Waals surface area contributed by atoms with Gasteiger partial charge in [0, 0.05) is 18.3 Å². The molecule has 0 spiro atoms. The molecule has 1 aromatic heterocycles. The molecule has 0 saturated carbocycles. The minimum absolute atomic E-state index is 0.0105. The molecule has 0 aliphatic carbocycles. The molecule has 88 valence electrons. The summed E-state index contributed by atoms with van der Waals surface area (Å²) in [6, 6.07) is 13.3. The maximum Gasteiger partial charge on any atom is 0.251 e. The molecule has 1 atom stereocenters. The molecule has 0 aliphatic heterocycles. The van der Waals surface area contributed by atoms with E-state index in [9.17, 15) is 4.79 Å². The lowest BCUT2D eigenvalue weighted by Crippen LogP contribution is -2.21. The van der Waals surface area contributed by atoms with Crippen LogP contribution in [0.15, 0.2) is 53.5 Å². The fourth-order valence-corrected chi connectivity index (χ4v) is 1.72. The molecule has 0 saturated heterocycles. The topological polar surface area (TPSA) is 48.0 Å². The molecular formula is C14H16N2O. The van der Waals surface area contributed by atoms with Crippen molar-refractivity contribution >= 4 is 0 Å². The first-order chi connectivity index (χ1) is 8.16. The van der Waals surface area contributed by atoms with Crippen LogP contribution in [0, 0.1) is 0 Å². The summed E-state index contributed by atoms with van der Waals surface area (Å²) in [6.07, 6.45) is 1.80. The first-order valence-electron chi connectivity index (χ1n) is 5.67. The van der Waals surface area contributed by atoms with E-state index in [2.05, 4.69) is 0 Å². The van der Waals surface area contributed by atoms with Gasteiger partial charge in [0.25, 0.3) is 5.56 Å². The molecule has 0 radical (unpaired) electrons. The van der Waals surface area contributed by atoms with Crippen LogP contribution in [-0.4, -0.2) is 4.57 Å². The summed E-state index contributed by atoms with van der Waals surface area (Å²) in [5, 5.41) is 0. The molecule has 2 aromatic rings. The SMILES string of the molecule is CC(N)c1ccn(Cc2ccccc2)c(=O)c1. The van der Waals surface area contributed by atoms with Crippen molar-refractivity contribution in [1.82, 2.24) is 4.57 Å². The van der Waals surface area contributed by atoms with Crippen molar-refractivity contribution < 1.29 is 0 Å². The zero-order chi connectivity index (χ0) is 12.3. The summed E-state index contributed by atoms with van der Waals surface area (Å²) in [5.41, 5.74) is 7.71. The summed E-state index contributed by atoms with van der Waals surface area (Å²) in [4.78, 5) is 11.9. The number of rotatable bonds is 3. The maximum atomic E-state index is 11.9. The van der Waals surface area contributed by atoms with E-state index >= 15 is 0 Å². The van der Waals surface area contributed by atoms with E-state index in [1.54, 1.807) is 16.8 Å². The molecule has 17 heavy (non-hydrogen) atoms. The van der Waals surface area contributed by atoms with E-state index in [-0.39, 0.29) is 11.6 Å². The van der Waals surface area contributed by atoms with Gasteiger partial charge in [0.05, 0.1) is 6.54 Å². The van der Waals surface area contributed by atoms with E-state index in [1.165, 1.54) is 0 Å². The normalized spacial score (nSPS) is 12.4. The lowest BCUT2D eigenvalue weighted by molar-refractivity contribution is 0.738. The molecule has 2 rings (SSSR count). The third-order valence-electron chi connectivity index (χ3n) is 2.74. The van der Waals surface area contributed by atoms with Crippen molar-refractivity contribution in [3.05, 3.63) is 70.1 Å². The van der Waals surface area contributed by atoms with Crippen molar-refractivity contribution in [1.29, 1.82) is 0 Å². The van der Waals surface area contributed by atoms with Gasteiger partial charge in [0.1, 0.15) is 0 Å². The fourth-order valence-electron chi connectivity index (χ4n) is 1.72. The summed E-state index contributed by atoms with van der Waals surface area (Å²) >= 11 is 0. The fraction of sp³-hybridized carbons (Fsp3) is 0.214. The van der Waals surface area contributed by atoms with E-state index in [0.717, 1.165) is 11.1 Å². The standard InChI is InChI=1S/C14H16N2O/c1-11(15)13-7-8-16(14(17)9-13)10-12-5-3-2-4-6-12/h2-9,11H,10,15H2,1H3. The summed E-state index contributed by atoms with van der Waals surface area (Å²) in [5.74, 6) is 0. The Morgan fingerprint density at radius 3 is 2.53 bits per heavy atom. The van der Waals surface area contributed by atoms with Gasteiger partial charge in [0.2, 0.25) is 0 Å². The van der Waals surface area contributed by atoms with Crippen LogP contribution in [0.2, 0.25) is 0 Å². The van der Waals surface area contributed by atoms with Gasteiger partial charge in [-0.05, 0) is 24.1 Å². The Hall–Kier alpha value is -1.87. The van der Waals surface area contributed by atoms with Gasteiger partial charge >= 0.3 is 0 Å². The Balaban J connectivity index is 2.26. The highest BCUT2D eigenvalue weighted by Gasteiger charge is 2.02. The Morgan fingerprint density at radius 1 is 1.24 bits per heavy atom. The lowest BCUT2D eigenvalue weighted by atomic mass is 10.1. The van der Waals surface area contributed by atoms with E-state index in [0.29, 0.717) is 6.54 Å². The third-order valence-corrected chi connectivity index (χ3v) is 2.74. The number of hydrogen-bond donors (Lipinski definition) is 1. The van der Waals surface area contributed by atoms with Crippen LogP contribution in [0.4, 0.5) is 0 Å². The van der Waals surface area contributed by atoms with Crippen molar-refractivity contribution in [3.63, 3.8) is 0 Å². The average Bonchev–Trinajstić information content (AvgIpc) is 2.33. The van der Waals surface area contributed by atoms with Gasteiger partial charge in [-0.2, -0.15) is 0 Å². The Kier molecular flexibility index (Phi) is 3.40. The summed E-state index contributed by atoms with van der Waals surface area (Å²) in [6.45, 7) is 2.47. The number of benzene rings is 1. The zero-order valence-corrected chi connectivity index (χ0v) is 9.84. The number of nitrogens with zero attached hydrogens (tertiary/aromatic N) is 1. The predicted molar refractivity (Wildman–Crippen MR) is 68.8 cm³/mol. The summed E-state index contributed by atoms with van der Waals surface area (Å²) in [7, 11) is 0. The second kappa shape index (κ2) is 4.97. The first kappa shape index (κ1) is 11.6. The quantitative estimate of drug-likeness (QED) is 0.872. The zero-order valence-electron chi connectivity index (χ0n) is 9.84. The van der Waals surface area contributed by atoms with Crippen LogP contribution in [0.1, 0.15) is 24.1 Å². The molecule has 2 N–H and O–H groups in total. The van der Waals surface area contributed by atoms with Crippen LogP contribution in [0.25, 0.3) is 0 Å².